The standard InChI is InChI=1S/C17H22F3N3O/c1-12-15(13(2)23(22-12)8-9-24)11-21-16(17(18,19)20)10-14-6-4-3-5-7-14/h3-7,16,21,24H,8-11H2,1-2H3. The van der Waals surface area contributed by atoms with Crippen LogP contribution in [0.4, 0.5) is 13.2 Å². The van der Waals surface area contributed by atoms with E-state index in [0.29, 0.717) is 17.8 Å². The Kier molecular flexibility index (Phi) is 6.01. The second kappa shape index (κ2) is 7.81. The minimum Gasteiger partial charge on any atom is -0.394 e. The van der Waals surface area contributed by atoms with Gasteiger partial charge in [-0.3, -0.25) is 4.68 Å². The van der Waals surface area contributed by atoms with Gasteiger partial charge in [0, 0.05) is 17.8 Å². The van der Waals surface area contributed by atoms with E-state index in [4.69, 9.17) is 5.11 Å². The quantitative estimate of drug-likeness (QED) is 0.814. The molecule has 1 aromatic heterocycles. The van der Waals surface area contributed by atoms with Crippen molar-refractivity contribution in [3.8, 4) is 0 Å². The maximum absolute atomic E-state index is 13.3. The fraction of sp³-hybridized carbons (Fsp3) is 0.471. The largest absolute Gasteiger partial charge is 0.404 e. The van der Waals surface area contributed by atoms with Crippen molar-refractivity contribution in [3.63, 3.8) is 0 Å². The molecule has 0 aliphatic carbocycles. The van der Waals surface area contributed by atoms with Gasteiger partial charge < -0.3 is 10.4 Å². The maximum atomic E-state index is 13.3. The molecule has 24 heavy (non-hydrogen) atoms. The molecular formula is C17H22F3N3O. The number of aliphatic hydroxyl groups excluding tert-OH is 1. The first kappa shape index (κ1) is 18.5. The van der Waals surface area contributed by atoms with E-state index in [0.717, 1.165) is 11.3 Å². The highest BCUT2D eigenvalue weighted by atomic mass is 19.4. The van der Waals surface area contributed by atoms with Gasteiger partial charge in [0.1, 0.15) is 6.04 Å². The zero-order valence-corrected chi connectivity index (χ0v) is 13.8. The van der Waals surface area contributed by atoms with Crippen molar-refractivity contribution >= 4 is 0 Å². The van der Waals surface area contributed by atoms with E-state index in [1.165, 1.54) is 0 Å². The lowest BCUT2D eigenvalue weighted by molar-refractivity contribution is -0.155. The molecule has 1 heterocycles. The molecule has 0 amide bonds. The molecule has 132 valence electrons. The summed E-state index contributed by atoms with van der Waals surface area (Å²) in [6.07, 6.45) is -4.45. The predicted molar refractivity (Wildman–Crippen MR) is 85.6 cm³/mol. The summed E-state index contributed by atoms with van der Waals surface area (Å²) in [7, 11) is 0. The van der Waals surface area contributed by atoms with E-state index in [1.807, 2.05) is 0 Å². The minimum atomic E-state index is -4.33. The summed E-state index contributed by atoms with van der Waals surface area (Å²) in [5, 5.41) is 15.9. The molecule has 2 N–H and O–H groups in total. The molecule has 2 rings (SSSR count). The van der Waals surface area contributed by atoms with Crippen LogP contribution >= 0.6 is 0 Å². The zero-order valence-electron chi connectivity index (χ0n) is 13.8. The van der Waals surface area contributed by atoms with Gasteiger partial charge in [-0.05, 0) is 25.8 Å². The van der Waals surface area contributed by atoms with Gasteiger partial charge in [0.15, 0.2) is 0 Å². The number of aliphatic hydroxyl groups is 1. The molecule has 0 aliphatic heterocycles. The highest BCUT2D eigenvalue weighted by molar-refractivity contribution is 5.24. The van der Waals surface area contributed by atoms with Crippen molar-refractivity contribution in [3.05, 3.63) is 52.8 Å². The van der Waals surface area contributed by atoms with Crippen molar-refractivity contribution in [1.82, 2.24) is 15.1 Å². The second-order valence-corrected chi connectivity index (χ2v) is 5.76. The third-order valence-corrected chi connectivity index (χ3v) is 4.05. The molecule has 1 unspecified atom stereocenters. The summed E-state index contributed by atoms with van der Waals surface area (Å²) in [5.74, 6) is 0. The second-order valence-electron chi connectivity index (χ2n) is 5.76. The van der Waals surface area contributed by atoms with Gasteiger partial charge in [0.05, 0.1) is 18.8 Å². The summed E-state index contributed by atoms with van der Waals surface area (Å²) >= 11 is 0. The van der Waals surface area contributed by atoms with Crippen LogP contribution in [0, 0.1) is 13.8 Å². The van der Waals surface area contributed by atoms with Crippen molar-refractivity contribution in [2.45, 2.75) is 45.6 Å². The van der Waals surface area contributed by atoms with Gasteiger partial charge in [0.25, 0.3) is 0 Å². The molecule has 7 heteroatoms. The lowest BCUT2D eigenvalue weighted by Gasteiger charge is -2.22. The molecule has 0 fully saturated rings. The topological polar surface area (TPSA) is 50.1 Å². The van der Waals surface area contributed by atoms with E-state index < -0.39 is 12.2 Å². The molecule has 0 bridgehead atoms. The van der Waals surface area contributed by atoms with Crippen molar-refractivity contribution in [2.24, 2.45) is 0 Å². The first-order valence-corrected chi connectivity index (χ1v) is 7.80. The van der Waals surface area contributed by atoms with Crippen LogP contribution in [0.15, 0.2) is 30.3 Å². The van der Waals surface area contributed by atoms with E-state index in [9.17, 15) is 13.2 Å². The van der Waals surface area contributed by atoms with E-state index in [2.05, 4.69) is 10.4 Å². The Labute approximate surface area is 139 Å². The number of hydrogen-bond donors (Lipinski definition) is 2. The SMILES string of the molecule is Cc1nn(CCO)c(C)c1CNC(Cc1ccccc1)C(F)(F)F. The highest BCUT2D eigenvalue weighted by Crippen LogP contribution is 2.24. The Morgan fingerprint density at radius 2 is 1.88 bits per heavy atom. The number of aromatic nitrogens is 2. The Morgan fingerprint density at radius 1 is 1.21 bits per heavy atom. The molecule has 2 aromatic rings. The van der Waals surface area contributed by atoms with Crippen LogP contribution < -0.4 is 5.32 Å². The summed E-state index contributed by atoms with van der Waals surface area (Å²) in [5.41, 5.74) is 2.83. The number of alkyl halides is 3. The van der Waals surface area contributed by atoms with Crippen LogP contribution in [0.3, 0.4) is 0 Å². The van der Waals surface area contributed by atoms with Crippen LogP contribution in [0.25, 0.3) is 0 Å². The number of aryl methyl sites for hydroxylation is 1. The van der Waals surface area contributed by atoms with Crippen molar-refractivity contribution < 1.29 is 18.3 Å². The van der Waals surface area contributed by atoms with Gasteiger partial charge in [-0.2, -0.15) is 18.3 Å². The Balaban J connectivity index is 2.11. The number of rotatable bonds is 7. The average molecular weight is 341 g/mol. The maximum Gasteiger partial charge on any atom is 0.404 e. The normalized spacial score (nSPS) is 13.2. The summed E-state index contributed by atoms with van der Waals surface area (Å²) in [6.45, 7) is 3.91. The Morgan fingerprint density at radius 3 is 2.46 bits per heavy atom. The molecule has 0 spiro atoms. The lowest BCUT2D eigenvalue weighted by Crippen LogP contribution is -2.43. The minimum absolute atomic E-state index is 0.0615. The molecular weight excluding hydrogens is 319 g/mol. The van der Waals surface area contributed by atoms with E-state index in [-0.39, 0.29) is 19.6 Å². The predicted octanol–water partition coefficient (Wildman–Crippen LogP) is 2.76. The number of nitrogens with zero attached hydrogens (tertiary/aromatic N) is 2. The van der Waals surface area contributed by atoms with Crippen LogP contribution in [-0.2, 0) is 19.5 Å². The number of halogens is 3. The van der Waals surface area contributed by atoms with E-state index in [1.54, 1.807) is 48.9 Å². The average Bonchev–Trinajstić information content (AvgIpc) is 2.78. The fourth-order valence-electron chi connectivity index (χ4n) is 2.68. The smallest absolute Gasteiger partial charge is 0.394 e. The molecule has 0 saturated heterocycles. The molecule has 0 radical (unpaired) electrons. The van der Waals surface area contributed by atoms with Crippen LogP contribution in [0.2, 0.25) is 0 Å². The van der Waals surface area contributed by atoms with Crippen LogP contribution in [0.5, 0.6) is 0 Å². The monoisotopic (exact) mass is 341 g/mol. The molecule has 1 aromatic carbocycles. The summed E-state index contributed by atoms with van der Waals surface area (Å²) < 4.78 is 41.6. The number of benzene rings is 1. The summed E-state index contributed by atoms with van der Waals surface area (Å²) in [4.78, 5) is 0. The Hall–Kier alpha value is -1.86. The third-order valence-electron chi connectivity index (χ3n) is 4.05. The van der Waals surface area contributed by atoms with Gasteiger partial charge in [-0.1, -0.05) is 30.3 Å². The molecule has 0 saturated carbocycles. The van der Waals surface area contributed by atoms with Gasteiger partial charge in [-0.15, -0.1) is 0 Å². The summed E-state index contributed by atoms with van der Waals surface area (Å²) in [6, 6.07) is 7.00. The van der Waals surface area contributed by atoms with Gasteiger partial charge in [-0.25, -0.2) is 0 Å². The van der Waals surface area contributed by atoms with Gasteiger partial charge >= 0.3 is 6.18 Å². The van der Waals surface area contributed by atoms with Crippen molar-refractivity contribution in [1.29, 1.82) is 0 Å². The third kappa shape index (κ3) is 4.58. The highest BCUT2D eigenvalue weighted by Gasteiger charge is 2.39. The van der Waals surface area contributed by atoms with Crippen molar-refractivity contribution in [2.75, 3.05) is 6.61 Å². The van der Waals surface area contributed by atoms with E-state index >= 15 is 0 Å². The fourth-order valence-corrected chi connectivity index (χ4v) is 2.68. The Bertz CT molecular complexity index is 653. The van der Waals surface area contributed by atoms with Crippen LogP contribution in [0.1, 0.15) is 22.5 Å². The molecule has 4 nitrogen and oxygen atoms in total. The lowest BCUT2D eigenvalue weighted by atomic mass is 10.0. The molecule has 0 aliphatic rings. The number of nitrogens with one attached hydrogen (secondary N) is 1. The zero-order chi connectivity index (χ0) is 17.7. The number of hydrogen-bond acceptors (Lipinski definition) is 3. The molecule has 1 atom stereocenters. The van der Waals surface area contributed by atoms with Crippen LogP contribution in [-0.4, -0.2) is 33.7 Å². The first-order chi connectivity index (χ1) is 11.3. The van der Waals surface area contributed by atoms with Gasteiger partial charge in [0.2, 0.25) is 0 Å². The first-order valence-electron chi connectivity index (χ1n) is 7.80.